The molecule has 0 radical (unpaired) electrons. The largest absolute Gasteiger partial charge is 0.488 e. The molecule has 0 saturated carbocycles. The number of rotatable bonds is 7. The minimum absolute atomic E-state index is 0.0734. The minimum atomic E-state index is -0.192. The predicted molar refractivity (Wildman–Crippen MR) is 142 cm³/mol. The van der Waals surface area contributed by atoms with Gasteiger partial charge in [0.05, 0.1) is 8.48 Å². The average Bonchev–Trinajstić information content (AvgIpc) is 3.13. The smallest absolute Gasteiger partial charge is 0.260 e. The molecule has 4 rings (SSSR count). The predicted octanol–water partition coefficient (Wildman–Crippen LogP) is 6.69. The molecule has 4 nitrogen and oxygen atoms in total. The highest BCUT2D eigenvalue weighted by molar-refractivity contribution is 14.1. The Kier molecular flexibility index (Phi) is 7.65. The summed E-state index contributed by atoms with van der Waals surface area (Å²) < 4.78 is 6.93. The van der Waals surface area contributed by atoms with Crippen LogP contribution in [-0.2, 0) is 17.8 Å². The molecule has 1 aliphatic rings. The van der Waals surface area contributed by atoms with Crippen molar-refractivity contribution < 1.29 is 9.53 Å². The molecule has 1 saturated heterocycles. The first-order valence-corrected chi connectivity index (χ1v) is 12.6. The summed E-state index contributed by atoms with van der Waals surface area (Å²) in [4.78, 5) is 13.1. The highest BCUT2D eigenvalue weighted by Crippen LogP contribution is 2.31. The first kappa shape index (κ1) is 23.0. The van der Waals surface area contributed by atoms with Crippen molar-refractivity contribution in [3.8, 4) is 5.75 Å². The number of hydrogen-bond donors (Lipinski definition) is 2. The Balaban J connectivity index is 1.38. The number of carbonyl (C=O) groups excluding carboxylic acids is 1. The summed E-state index contributed by atoms with van der Waals surface area (Å²) in [6.07, 6.45) is 2.92. The Hall–Kier alpha value is -2.16. The third-order valence-corrected chi connectivity index (χ3v) is 7.08. The number of hydrogen-bond acceptors (Lipinski definition) is 4. The van der Waals surface area contributed by atoms with Gasteiger partial charge in [-0.2, -0.15) is 0 Å². The third kappa shape index (κ3) is 5.99. The lowest BCUT2D eigenvalue weighted by Gasteiger charge is -2.12. The summed E-state index contributed by atoms with van der Waals surface area (Å²) in [6.45, 7) is 2.60. The van der Waals surface area contributed by atoms with Gasteiger partial charge < -0.3 is 15.4 Å². The standard InChI is InChI=1S/C25H22ClIN2O2S/c1-2-16-5-10-20(11-6-16)28-25-29-24(30)23(32-25)14-18-7-12-22(21(27)13-18)31-15-17-3-8-19(26)9-4-17/h3-14,25,28H,2,15H2,1H3,(H,29,30)/b23-14-/t25-/m1/s1. The highest BCUT2D eigenvalue weighted by Gasteiger charge is 2.27. The van der Waals surface area contributed by atoms with Gasteiger partial charge in [-0.15, -0.1) is 0 Å². The Morgan fingerprint density at radius 1 is 1.09 bits per heavy atom. The van der Waals surface area contributed by atoms with Crippen molar-refractivity contribution in [2.24, 2.45) is 0 Å². The summed E-state index contributed by atoms with van der Waals surface area (Å²) in [5, 5.41) is 7.04. The molecule has 0 unspecified atom stereocenters. The van der Waals surface area contributed by atoms with Gasteiger partial charge in [-0.3, -0.25) is 4.79 Å². The van der Waals surface area contributed by atoms with Gasteiger partial charge in [-0.1, -0.05) is 60.6 Å². The van der Waals surface area contributed by atoms with Crippen LogP contribution in [0.4, 0.5) is 5.69 Å². The summed E-state index contributed by atoms with van der Waals surface area (Å²) in [5.74, 6) is 0.733. The van der Waals surface area contributed by atoms with E-state index in [9.17, 15) is 4.79 Å². The molecule has 0 bridgehead atoms. The van der Waals surface area contributed by atoms with E-state index in [0.29, 0.717) is 16.5 Å². The van der Waals surface area contributed by atoms with E-state index in [1.165, 1.54) is 17.3 Å². The highest BCUT2D eigenvalue weighted by atomic mass is 127. The van der Waals surface area contributed by atoms with Crippen molar-refractivity contribution in [3.63, 3.8) is 0 Å². The van der Waals surface area contributed by atoms with E-state index in [-0.39, 0.29) is 11.4 Å². The average molecular weight is 577 g/mol. The van der Waals surface area contributed by atoms with Crippen LogP contribution >= 0.6 is 46.0 Å². The van der Waals surface area contributed by atoms with Gasteiger partial charge in [0.1, 0.15) is 12.4 Å². The summed E-state index contributed by atoms with van der Waals surface area (Å²) in [5.41, 5.74) is 4.09. The number of anilines is 1. The zero-order chi connectivity index (χ0) is 22.5. The van der Waals surface area contributed by atoms with E-state index in [0.717, 1.165) is 32.6 Å². The number of benzene rings is 3. The zero-order valence-electron chi connectivity index (χ0n) is 17.4. The number of ether oxygens (including phenoxy) is 1. The molecule has 2 N–H and O–H groups in total. The van der Waals surface area contributed by atoms with Crippen LogP contribution in [0.2, 0.25) is 5.02 Å². The Morgan fingerprint density at radius 2 is 1.81 bits per heavy atom. The van der Waals surface area contributed by atoms with Gasteiger partial charge in [0.15, 0.2) is 5.50 Å². The van der Waals surface area contributed by atoms with Crippen LogP contribution in [-0.4, -0.2) is 11.4 Å². The molecule has 1 aliphatic heterocycles. The van der Waals surface area contributed by atoms with E-state index in [1.54, 1.807) is 0 Å². The molecule has 1 atom stereocenters. The fourth-order valence-electron chi connectivity index (χ4n) is 3.17. The lowest BCUT2D eigenvalue weighted by Crippen LogP contribution is -2.30. The van der Waals surface area contributed by atoms with Gasteiger partial charge >= 0.3 is 0 Å². The maximum Gasteiger partial charge on any atom is 0.260 e. The first-order valence-electron chi connectivity index (χ1n) is 10.2. The normalized spacial score (nSPS) is 16.8. The molecule has 0 aromatic heterocycles. The van der Waals surface area contributed by atoms with Crippen molar-refractivity contribution in [1.82, 2.24) is 5.32 Å². The van der Waals surface area contributed by atoms with E-state index < -0.39 is 0 Å². The van der Waals surface area contributed by atoms with Gasteiger partial charge in [0, 0.05) is 10.7 Å². The molecular weight excluding hydrogens is 555 g/mol. The Morgan fingerprint density at radius 3 is 2.50 bits per heavy atom. The lowest BCUT2D eigenvalue weighted by atomic mass is 10.1. The molecule has 1 fully saturated rings. The Labute approximate surface area is 210 Å². The number of nitrogens with one attached hydrogen (secondary N) is 2. The van der Waals surface area contributed by atoms with Crippen LogP contribution in [0.3, 0.4) is 0 Å². The van der Waals surface area contributed by atoms with E-state index in [2.05, 4.69) is 52.3 Å². The topological polar surface area (TPSA) is 50.4 Å². The van der Waals surface area contributed by atoms with Crippen molar-refractivity contribution in [3.05, 3.63) is 96.9 Å². The van der Waals surface area contributed by atoms with Gasteiger partial charge in [-0.05, 0) is 88.2 Å². The van der Waals surface area contributed by atoms with Gasteiger partial charge in [0.2, 0.25) is 0 Å². The van der Waals surface area contributed by atoms with E-state index in [1.807, 2.05) is 60.7 Å². The molecular formula is C25H22ClIN2O2S. The molecule has 32 heavy (non-hydrogen) atoms. The van der Waals surface area contributed by atoms with Crippen LogP contribution in [0, 0.1) is 3.57 Å². The third-order valence-electron chi connectivity index (χ3n) is 4.95. The second kappa shape index (κ2) is 10.6. The van der Waals surface area contributed by atoms with E-state index >= 15 is 0 Å². The molecule has 1 amide bonds. The molecule has 1 heterocycles. The number of thioether (sulfide) groups is 1. The van der Waals surface area contributed by atoms with Crippen LogP contribution in [0.5, 0.6) is 5.75 Å². The maximum absolute atomic E-state index is 12.4. The summed E-state index contributed by atoms with van der Waals surface area (Å²) in [6, 6.07) is 21.8. The number of aryl methyl sites for hydroxylation is 1. The first-order chi connectivity index (χ1) is 15.5. The van der Waals surface area contributed by atoms with Crippen LogP contribution in [0.25, 0.3) is 6.08 Å². The SMILES string of the molecule is CCc1ccc(N[C@@H]2NC(=O)/C(=C/c3ccc(OCc4ccc(Cl)cc4)c(I)c3)S2)cc1. The molecule has 3 aromatic carbocycles. The molecule has 164 valence electrons. The summed E-state index contributed by atoms with van der Waals surface area (Å²) in [7, 11) is 0. The maximum atomic E-state index is 12.4. The van der Waals surface area contributed by atoms with Crippen molar-refractivity contribution in [2.75, 3.05) is 5.32 Å². The minimum Gasteiger partial charge on any atom is -0.488 e. The fourth-order valence-corrected chi connectivity index (χ4v) is 4.98. The van der Waals surface area contributed by atoms with Crippen molar-refractivity contribution in [1.29, 1.82) is 0 Å². The van der Waals surface area contributed by atoms with Crippen LogP contribution in [0.1, 0.15) is 23.6 Å². The summed E-state index contributed by atoms with van der Waals surface area (Å²) >= 11 is 9.67. The second-order valence-corrected chi connectivity index (χ2v) is 10.0. The second-order valence-electron chi connectivity index (χ2n) is 7.28. The van der Waals surface area contributed by atoms with Crippen LogP contribution in [0.15, 0.2) is 71.6 Å². The van der Waals surface area contributed by atoms with E-state index in [4.69, 9.17) is 16.3 Å². The molecule has 0 aliphatic carbocycles. The molecule has 3 aromatic rings. The number of amides is 1. The lowest BCUT2D eigenvalue weighted by molar-refractivity contribution is -0.116. The fraction of sp³-hybridized carbons (Fsp3) is 0.160. The molecule has 0 spiro atoms. The van der Waals surface area contributed by atoms with Gasteiger partial charge in [0.25, 0.3) is 5.91 Å². The molecule has 7 heteroatoms. The quantitative estimate of drug-likeness (QED) is 0.243. The zero-order valence-corrected chi connectivity index (χ0v) is 21.1. The van der Waals surface area contributed by atoms with Crippen molar-refractivity contribution >= 4 is 63.6 Å². The van der Waals surface area contributed by atoms with Gasteiger partial charge in [-0.25, -0.2) is 0 Å². The van der Waals surface area contributed by atoms with Crippen molar-refractivity contribution in [2.45, 2.75) is 25.4 Å². The number of halogens is 2. The Bertz CT molecular complexity index is 1130. The monoisotopic (exact) mass is 576 g/mol. The van der Waals surface area contributed by atoms with Crippen LogP contribution < -0.4 is 15.4 Å². The number of carbonyl (C=O) groups is 1.